The van der Waals surface area contributed by atoms with E-state index in [2.05, 4.69) is 21.7 Å². The molecule has 3 aromatic rings. The third kappa shape index (κ3) is 6.43. The van der Waals surface area contributed by atoms with E-state index in [9.17, 15) is 14.3 Å². The molecule has 2 aromatic carbocycles. The minimum absolute atomic E-state index is 0.0193. The van der Waals surface area contributed by atoms with Gasteiger partial charge in [0.05, 0.1) is 15.6 Å². The van der Waals surface area contributed by atoms with E-state index >= 15 is 0 Å². The lowest BCUT2D eigenvalue weighted by Gasteiger charge is -2.39. The third-order valence-corrected chi connectivity index (χ3v) is 9.63. The van der Waals surface area contributed by atoms with Crippen molar-refractivity contribution in [3.05, 3.63) is 91.8 Å². The van der Waals surface area contributed by atoms with Crippen LogP contribution in [0.15, 0.2) is 59.3 Å². The monoisotopic (exact) mass is 574 g/mol. The highest BCUT2D eigenvalue weighted by atomic mass is 35.5. The Bertz CT molecular complexity index is 1250. The predicted octanol–water partition coefficient (Wildman–Crippen LogP) is 6.90. The molecule has 1 N–H and O–H groups in total. The molecule has 202 valence electrons. The van der Waals surface area contributed by atoms with Crippen molar-refractivity contribution in [3.63, 3.8) is 0 Å². The molecule has 1 aromatic heterocycles. The quantitative estimate of drug-likeness (QED) is 0.318. The number of amides is 1. The van der Waals surface area contributed by atoms with Gasteiger partial charge in [-0.25, -0.2) is 4.39 Å². The molecule has 0 bridgehead atoms. The highest BCUT2D eigenvalue weighted by Crippen LogP contribution is 2.37. The molecular formula is C30H33Cl2FN2O2S. The lowest BCUT2D eigenvalue weighted by atomic mass is 9.84. The molecule has 5 rings (SSSR count). The highest BCUT2D eigenvalue weighted by molar-refractivity contribution is 7.08. The van der Waals surface area contributed by atoms with E-state index in [1.54, 1.807) is 35.6 Å². The molecule has 1 amide bonds. The average molecular weight is 576 g/mol. The number of hydrogen-bond donors (Lipinski definition) is 1. The molecule has 8 heteroatoms. The summed E-state index contributed by atoms with van der Waals surface area (Å²) < 4.78 is 13.9. The number of rotatable bonds is 8. The summed E-state index contributed by atoms with van der Waals surface area (Å²) in [5.41, 5.74) is 1.86. The number of aryl methyl sites for hydroxylation is 1. The number of halogens is 3. The van der Waals surface area contributed by atoms with E-state index in [1.165, 1.54) is 11.6 Å². The summed E-state index contributed by atoms with van der Waals surface area (Å²) in [5, 5.41) is 16.3. The molecule has 0 spiro atoms. The van der Waals surface area contributed by atoms with Crippen molar-refractivity contribution in [1.29, 1.82) is 0 Å². The summed E-state index contributed by atoms with van der Waals surface area (Å²) in [5.74, 6) is 0.394. The number of carbonyl (C=O) groups is 1. The molecule has 2 aliphatic heterocycles. The van der Waals surface area contributed by atoms with Crippen LogP contribution in [0.1, 0.15) is 53.1 Å². The molecule has 3 heterocycles. The maximum Gasteiger partial charge on any atom is 0.253 e. The minimum atomic E-state index is -0.694. The van der Waals surface area contributed by atoms with Gasteiger partial charge >= 0.3 is 0 Å². The maximum absolute atomic E-state index is 13.9. The van der Waals surface area contributed by atoms with E-state index < -0.39 is 5.60 Å². The van der Waals surface area contributed by atoms with Crippen molar-refractivity contribution in [1.82, 2.24) is 9.80 Å². The average Bonchev–Trinajstić information content (AvgIpc) is 3.58. The maximum atomic E-state index is 13.9. The van der Waals surface area contributed by atoms with Crippen LogP contribution in [0.4, 0.5) is 4.39 Å². The van der Waals surface area contributed by atoms with Crippen molar-refractivity contribution >= 4 is 40.4 Å². The van der Waals surface area contributed by atoms with Crippen LogP contribution in [0.5, 0.6) is 0 Å². The Morgan fingerprint density at radius 1 is 1.08 bits per heavy atom. The first-order valence-corrected chi connectivity index (χ1v) is 15.0. The Hall–Kier alpha value is -1.96. The zero-order valence-corrected chi connectivity index (χ0v) is 23.6. The molecule has 2 atom stereocenters. The summed E-state index contributed by atoms with van der Waals surface area (Å²) in [6, 6.07) is 14.1. The standard InChI is InChI=1S/C30H33Cl2FN2O2S/c31-26-8-7-22(16-27(26)32)29(36)35-18-24(25(19-35)23-9-15-38-20-23)17-34-13-11-30(37,12-14-34)10-3-5-21-4-1-2-6-28(21)33/h1-2,4,6-9,15-16,20,24-25,37H,3,5,10-14,17-19H2. The zero-order valence-electron chi connectivity index (χ0n) is 21.3. The second-order valence-corrected chi connectivity index (χ2v) is 12.3. The first kappa shape index (κ1) is 27.6. The Kier molecular flexibility index (Phi) is 8.75. The van der Waals surface area contributed by atoms with Crippen LogP contribution in [-0.4, -0.2) is 59.1 Å². The molecule has 0 radical (unpaired) electrons. The molecule has 2 saturated heterocycles. The van der Waals surface area contributed by atoms with Crippen molar-refractivity contribution in [3.8, 4) is 0 Å². The normalized spacial score (nSPS) is 21.6. The van der Waals surface area contributed by atoms with Crippen LogP contribution in [-0.2, 0) is 6.42 Å². The highest BCUT2D eigenvalue weighted by Gasteiger charge is 2.39. The van der Waals surface area contributed by atoms with Gasteiger partial charge in [0.2, 0.25) is 0 Å². The topological polar surface area (TPSA) is 43.8 Å². The molecule has 0 saturated carbocycles. The Balaban J connectivity index is 1.18. The van der Waals surface area contributed by atoms with Gasteiger partial charge in [0.25, 0.3) is 5.91 Å². The first-order valence-electron chi connectivity index (χ1n) is 13.3. The number of carbonyl (C=O) groups excluding carboxylic acids is 1. The number of likely N-dealkylation sites (tertiary alicyclic amines) is 2. The second kappa shape index (κ2) is 12.1. The summed E-state index contributed by atoms with van der Waals surface area (Å²) in [4.78, 5) is 17.7. The van der Waals surface area contributed by atoms with Gasteiger partial charge in [-0.1, -0.05) is 41.4 Å². The van der Waals surface area contributed by atoms with Crippen LogP contribution in [0.2, 0.25) is 10.0 Å². The van der Waals surface area contributed by atoms with E-state index in [4.69, 9.17) is 23.2 Å². The van der Waals surface area contributed by atoms with Crippen molar-refractivity contribution in [2.24, 2.45) is 5.92 Å². The Labute approximate surface area is 238 Å². The van der Waals surface area contributed by atoms with E-state index in [1.807, 2.05) is 17.0 Å². The van der Waals surface area contributed by atoms with Gasteiger partial charge in [0, 0.05) is 44.2 Å². The Morgan fingerprint density at radius 3 is 2.58 bits per heavy atom. The van der Waals surface area contributed by atoms with Crippen molar-refractivity contribution in [2.75, 3.05) is 32.7 Å². The lowest BCUT2D eigenvalue weighted by Crippen LogP contribution is -2.46. The molecule has 4 nitrogen and oxygen atoms in total. The number of aliphatic hydroxyl groups is 1. The van der Waals surface area contributed by atoms with E-state index in [0.29, 0.717) is 65.9 Å². The molecule has 0 aliphatic carbocycles. The van der Waals surface area contributed by atoms with Crippen molar-refractivity contribution < 1.29 is 14.3 Å². The fourth-order valence-corrected chi connectivity index (χ4v) is 6.96. The van der Waals surface area contributed by atoms with Crippen LogP contribution >= 0.6 is 34.5 Å². The van der Waals surface area contributed by atoms with Gasteiger partial charge in [-0.05, 0) is 90.2 Å². The minimum Gasteiger partial charge on any atom is -0.390 e. The molecule has 38 heavy (non-hydrogen) atoms. The second-order valence-electron chi connectivity index (χ2n) is 10.7. The molecule has 2 aliphatic rings. The molecule has 2 fully saturated rings. The third-order valence-electron chi connectivity index (χ3n) is 8.19. The summed E-state index contributed by atoms with van der Waals surface area (Å²) >= 11 is 13.9. The number of hydrogen-bond acceptors (Lipinski definition) is 4. The van der Waals surface area contributed by atoms with Gasteiger partial charge in [0.15, 0.2) is 0 Å². The number of benzene rings is 2. The van der Waals surface area contributed by atoms with Crippen molar-refractivity contribution in [2.45, 2.75) is 43.6 Å². The van der Waals surface area contributed by atoms with Crippen LogP contribution < -0.4 is 0 Å². The fourth-order valence-electron chi connectivity index (χ4n) is 5.94. The summed E-state index contributed by atoms with van der Waals surface area (Å²) in [6.07, 6.45) is 3.53. The van der Waals surface area contributed by atoms with Gasteiger partial charge in [0.1, 0.15) is 5.82 Å². The fraction of sp³-hybridized carbons (Fsp3) is 0.433. The number of nitrogens with zero attached hydrogens (tertiary/aromatic N) is 2. The Morgan fingerprint density at radius 2 is 1.87 bits per heavy atom. The SMILES string of the molecule is O=C(c1ccc(Cl)c(Cl)c1)N1CC(CN2CCC(O)(CCCc3ccccc3F)CC2)C(c2ccsc2)C1. The van der Waals surface area contributed by atoms with E-state index in [0.717, 1.165) is 26.1 Å². The first-order chi connectivity index (χ1) is 18.3. The largest absolute Gasteiger partial charge is 0.390 e. The summed E-state index contributed by atoms with van der Waals surface area (Å²) in [7, 11) is 0. The van der Waals surface area contributed by atoms with Crippen LogP contribution in [0, 0.1) is 11.7 Å². The predicted molar refractivity (Wildman–Crippen MR) is 153 cm³/mol. The lowest BCUT2D eigenvalue weighted by molar-refractivity contribution is -0.0315. The van der Waals surface area contributed by atoms with Crippen LogP contribution in [0.3, 0.4) is 0 Å². The number of piperidine rings is 1. The van der Waals surface area contributed by atoms with Gasteiger partial charge in [-0.3, -0.25) is 4.79 Å². The summed E-state index contributed by atoms with van der Waals surface area (Å²) in [6.45, 7) is 3.89. The van der Waals surface area contributed by atoms with Crippen LogP contribution in [0.25, 0.3) is 0 Å². The zero-order chi connectivity index (χ0) is 26.7. The number of thiophene rings is 1. The molecular weight excluding hydrogens is 542 g/mol. The van der Waals surface area contributed by atoms with Gasteiger partial charge in [-0.15, -0.1) is 0 Å². The molecule has 2 unspecified atom stereocenters. The van der Waals surface area contributed by atoms with E-state index in [-0.39, 0.29) is 17.6 Å². The smallest absolute Gasteiger partial charge is 0.253 e. The van der Waals surface area contributed by atoms with Gasteiger partial charge in [-0.2, -0.15) is 11.3 Å². The van der Waals surface area contributed by atoms with Gasteiger partial charge < -0.3 is 14.9 Å².